The van der Waals surface area contributed by atoms with Gasteiger partial charge in [0.25, 0.3) is 0 Å². The summed E-state index contributed by atoms with van der Waals surface area (Å²) in [5.41, 5.74) is 0. The molecule has 1 aliphatic rings. The molecule has 0 saturated carbocycles. The molecule has 1 aliphatic heterocycles. The molecule has 1 saturated heterocycles. The van der Waals surface area contributed by atoms with Crippen molar-refractivity contribution in [2.45, 2.75) is 12.5 Å². The van der Waals surface area contributed by atoms with Gasteiger partial charge in [-0.2, -0.15) is 0 Å². The predicted octanol–water partition coefficient (Wildman–Crippen LogP) is -0.751. The number of cyclic esters (lactones) is 1. The van der Waals surface area contributed by atoms with Gasteiger partial charge in [-0.1, -0.05) is 0 Å². The van der Waals surface area contributed by atoms with E-state index in [4.69, 9.17) is 12.8 Å². The van der Waals surface area contributed by atoms with Crippen molar-refractivity contribution in [1.82, 2.24) is 4.97 Å². The van der Waals surface area contributed by atoms with E-state index in [1.54, 1.807) is 0 Å². The van der Waals surface area contributed by atoms with Crippen molar-refractivity contribution < 1.29 is 14.4 Å². The Morgan fingerprint density at radius 2 is 2.60 bits per heavy atom. The Morgan fingerprint density at radius 3 is 3.00 bits per heavy atom. The highest BCUT2D eigenvalue weighted by Gasteiger charge is 2.27. The van der Waals surface area contributed by atoms with E-state index >= 15 is 0 Å². The fourth-order valence-corrected chi connectivity index (χ4v) is 0.774. The van der Waals surface area contributed by atoms with Crippen LogP contribution >= 0.6 is 0 Å². The van der Waals surface area contributed by atoms with Crippen molar-refractivity contribution in [3.8, 4) is 0 Å². The lowest BCUT2D eigenvalue weighted by molar-refractivity contribution is -0.164. The lowest BCUT2D eigenvalue weighted by Gasteiger charge is -2.13. The highest BCUT2D eigenvalue weighted by molar-refractivity contribution is 6.03. The van der Waals surface area contributed by atoms with E-state index in [9.17, 15) is 4.79 Å². The Labute approximate surface area is 60.5 Å². The zero-order valence-electron chi connectivity index (χ0n) is 5.74. The Hall–Kier alpha value is -0.545. The first-order valence-corrected chi connectivity index (χ1v) is 3.02. The predicted molar refractivity (Wildman–Crippen MR) is 34.0 cm³/mol. The van der Waals surface area contributed by atoms with Crippen molar-refractivity contribution in [2.75, 3.05) is 13.7 Å². The molecule has 0 bridgehead atoms. The van der Waals surface area contributed by atoms with Crippen molar-refractivity contribution >= 4 is 14.0 Å². The van der Waals surface area contributed by atoms with Gasteiger partial charge in [-0.3, -0.25) is 4.84 Å². The topological polar surface area (TPSA) is 38.8 Å². The molecule has 0 aromatic rings. The fraction of sp³-hybridized carbons (Fsp3) is 0.800. The number of nitrogens with zero attached hydrogens (tertiary/aromatic N) is 1. The van der Waals surface area contributed by atoms with Crippen molar-refractivity contribution in [2.24, 2.45) is 0 Å². The van der Waals surface area contributed by atoms with Crippen LogP contribution in [0.2, 0.25) is 0 Å². The number of hydrogen-bond acceptors (Lipinski definition) is 4. The van der Waals surface area contributed by atoms with E-state index in [0.29, 0.717) is 13.0 Å². The summed E-state index contributed by atoms with van der Waals surface area (Å²) in [6, 6.07) is 0. The molecule has 1 atom stereocenters. The van der Waals surface area contributed by atoms with Gasteiger partial charge in [0.2, 0.25) is 7.98 Å². The maximum atomic E-state index is 10.7. The Bertz CT molecular complexity index is 139. The summed E-state index contributed by atoms with van der Waals surface area (Å²) < 4.78 is 4.62. The van der Waals surface area contributed by atoms with Gasteiger partial charge in [-0.25, -0.2) is 9.77 Å². The number of esters is 1. The van der Waals surface area contributed by atoms with Crippen LogP contribution in [-0.4, -0.2) is 38.7 Å². The molecule has 1 unspecified atom stereocenters. The first kappa shape index (κ1) is 7.56. The smallest absolute Gasteiger partial charge is 0.337 e. The Balaban J connectivity index is 2.33. The fourth-order valence-electron chi connectivity index (χ4n) is 0.774. The third-order valence-corrected chi connectivity index (χ3v) is 1.18. The quantitative estimate of drug-likeness (QED) is 0.288. The second-order valence-corrected chi connectivity index (χ2v) is 2.10. The first-order chi connectivity index (χ1) is 4.70. The molecule has 0 spiro atoms. The highest BCUT2D eigenvalue weighted by Crippen LogP contribution is 2.09. The third-order valence-electron chi connectivity index (χ3n) is 1.18. The van der Waals surface area contributed by atoms with Crippen molar-refractivity contribution in [3.63, 3.8) is 0 Å². The summed E-state index contributed by atoms with van der Waals surface area (Å²) in [6.07, 6.45) is 0.0791. The van der Waals surface area contributed by atoms with Gasteiger partial charge < -0.3 is 4.74 Å². The maximum absolute atomic E-state index is 10.7. The zero-order chi connectivity index (χ0) is 7.56. The van der Waals surface area contributed by atoms with Crippen LogP contribution in [0.3, 0.4) is 0 Å². The monoisotopic (exact) mass is 141 g/mol. The third kappa shape index (κ3) is 1.72. The van der Waals surface area contributed by atoms with Crippen LogP contribution in [0.1, 0.15) is 6.42 Å². The molecule has 54 valence electrons. The lowest BCUT2D eigenvalue weighted by atomic mass is 10.3. The van der Waals surface area contributed by atoms with Gasteiger partial charge >= 0.3 is 5.97 Å². The summed E-state index contributed by atoms with van der Waals surface area (Å²) in [5.74, 6) is -0.336. The van der Waals surface area contributed by atoms with E-state index < -0.39 is 6.10 Å². The van der Waals surface area contributed by atoms with Gasteiger partial charge in [-0.15, -0.1) is 0 Å². The summed E-state index contributed by atoms with van der Waals surface area (Å²) in [4.78, 5) is 16.6. The minimum atomic E-state index is -0.505. The first-order valence-electron chi connectivity index (χ1n) is 3.02. The molecule has 0 aromatic heterocycles. The molecule has 0 amide bonds. The van der Waals surface area contributed by atoms with Gasteiger partial charge in [0, 0.05) is 6.42 Å². The SMILES string of the molecule is [B]N(C)OC1CCOC1=O. The number of ether oxygens (including phenoxy) is 1. The molecule has 1 fully saturated rings. The minimum absolute atomic E-state index is 0.336. The van der Waals surface area contributed by atoms with E-state index in [-0.39, 0.29) is 5.97 Å². The van der Waals surface area contributed by atoms with E-state index in [2.05, 4.69) is 4.74 Å². The van der Waals surface area contributed by atoms with Gasteiger partial charge in [-0.05, 0) is 7.05 Å². The number of hydroxylamine groups is 1. The lowest BCUT2D eigenvalue weighted by Crippen LogP contribution is -2.27. The Kier molecular flexibility index (Phi) is 2.29. The average Bonchev–Trinajstić information content (AvgIpc) is 2.15. The average molecular weight is 141 g/mol. The molecule has 0 N–H and O–H groups in total. The van der Waals surface area contributed by atoms with E-state index in [0.717, 1.165) is 4.97 Å². The van der Waals surface area contributed by atoms with Gasteiger partial charge in [0.05, 0.1) is 6.61 Å². The number of hydrogen-bond donors (Lipinski definition) is 0. The molecule has 5 heteroatoms. The van der Waals surface area contributed by atoms with Crippen LogP contribution in [0.4, 0.5) is 0 Å². The number of carbonyl (C=O) groups is 1. The maximum Gasteiger partial charge on any atom is 0.337 e. The van der Waals surface area contributed by atoms with Crippen LogP contribution in [0.5, 0.6) is 0 Å². The normalized spacial score (nSPS) is 25.4. The zero-order valence-corrected chi connectivity index (χ0v) is 5.74. The van der Waals surface area contributed by atoms with Crippen LogP contribution in [-0.2, 0) is 14.4 Å². The molecule has 10 heavy (non-hydrogen) atoms. The molecule has 0 aromatic carbocycles. The largest absolute Gasteiger partial charge is 0.464 e. The summed E-state index contributed by atoms with van der Waals surface area (Å²) in [5, 5.41) is 0. The molecular formula is C5H8BNO3. The van der Waals surface area contributed by atoms with Crippen LogP contribution in [0, 0.1) is 0 Å². The molecule has 1 heterocycles. The van der Waals surface area contributed by atoms with Crippen molar-refractivity contribution in [3.05, 3.63) is 0 Å². The van der Waals surface area contributed by atoms with Crippen LogP contribution in [0.15, 0.2) is 0 Å². The molecule has 4 nitrogen and oxygen atoms in total. The second-order valence-electron chi connectivity index (χ2n) is 2.10. The molecule has 1 rings (SSSR count). The molecular weight excluding hydrogens is 133 g/mol. The summed E-state index contributed by atoms with van der Waals surface area (Å²) in [7, 11) is 6.66. The standard InChI is InChI=1S/C5H8BNO3/c1-7(6)10-4-2-3-9-5(4)8/h4H,2-3H2,1H3. The molecule has 2 radical (unpaired) electrons. The Morgan fingerprint density at radius 1 is 1.90 bits per heavy atom. The number of rotatable bonds is 2. The second kappa shape index (κ2) is 3.03. The summed E-state index contributed by atoms with van der Waals surface area (Å²) >= 11 is 0. The summed E-state index contributed by atoms with van der Waals surface area (Å²) in [6.45, 7) is 0.428. The number of carbonyl (C=O) groups excluding carboxylic acids is 1. The van der Waals surface area contributed by atoms with Crippen LogP contribution in [0.25, 0.3) is 0 Å². The van der Waals surface area contributed by atoms with E-state index in [1.807, 2.05) is 0 Å². The van der Waals surface area contributed by atoms with Crippen molar-refractivity contribution in [1.29, 1.82) is 0 Å². The minimum Gasteiger partial charge on any atom is -0.464 e. The van der Waals surface area contributed by atoms with E-state index in [1.165, 1.54) is 7.05 Å². The molecule has 0 aliphatic carbocycles. The van der Waals surface area contributed by atoms with Gasteiger partial charge in [0.1, 0.15) is 0 Å². The van der Waals surface area contributed by atoms with Crippen LogP contribution < -0.4 is 0 Å². The highest BCUT2D eigenvalue weighted by atomic mass is 16.7. The van der Waals surface area contributed by atoms with Gasteiger partial charge in [0.15, 0.2) is 6.10 Å².